The fourth-order valence-corrected chi connectivity index (χ4v) is 2.35. The van der Waals surface area contributed by atoms with E-state index in [-0.39, 0.29) is 11.8 Å². The number of amides is 1. The average Bonchev–Trinajstić information content (AvgIpc) is 2.89. The summed E-state index contributed by atoms with van der Waals surface area (Å²) in [4.78, 5) is 18.7. The Kier molecular flexibility index (Phi) is 4.31. The number of hydrogen-bond donors (Lipinski definition) is 1. The summed E-state index contributed by atoms with van der Waals surface area (Å²) >= 11 is 0. The van der Waals surface area contributed by atoms with Gasteiger partial charge in [-0.15, -0.1) is 0 Å². The Morgan fingerprint density at radius 2 is 2.39 bits per heavy atom. The van der Waals surface area contributed by atoms with Crippen LogP contribution in [0.3, 0.4) is 0 Å². The number of pyridine rings is 1. The van der Waals surface area contributed by atoms with Crippen LogP contribution in [0.25, 0.3) is 0 Å². The number of aromatic nitrogens is 1. The van der Waals surface area contributed by atoms with Crippen LogP contribution in [-0.4, -0.2) is 35.4 Å². The van der Waals surface area contributed by atoms with Gasteiger partial charge in [-0.05, 0) is 38.9 Å². The average molecular weight is 247 g/mol. The van der Waals surface area contributed by atoms with Crippen molar-refractivity contribution in [3.63, 3.8) is 0 Å². The van der Waals surface area contributed by atoms with E-state index < -0.39 is 0 Å². The van der Waals surface area contributed by atoms with Crippen molar-refractivity contribution >= 4 is 5.91 Å². The third kappa shape index (κ3) is 3.07. The summed E-state index contributed by atoms with van der Waals surface area (Å²) < 4.78 is 0. The molecule has 1 fully saturated rings. The lowest BCUT2D eigenvalue weighted by Gasteiger charge is -2.23. The van der Waals surface area contributed by atoms with Gasteiger partial charge in [-0.2, -0.15) is 0 Å². The van der Waals surface area contributed by atoms with Gasteiger partial charge in [0.1, 0.15) is 0 Å². The Labute approximate surface area is 108 Å². The van der Waals surface area contributed by atoms with Gasteiger partial charge in [0.2, 0.25) is 5.91 Å². The van der Waals surface area contributed by atoms with Crippen molar-refractivity contribution in [1.82, 2.24) is 15.2 Å². The number of nitrogens with zero attached hydrogens (tertiary/aromatic N) is 2. The third-order valence-electron chi connectivity index (χ3n) is 3.40. The van der Waals surface area contributed by atoms with Crippen LogP contribution in [-0.2, 0) is 11.3 Å². The zero-order valence-electron chi connectivity index (χ0n) is 11.1. The lowest BCUT2D eigenvalue weighted by molar-refractivity contribution is -0.135. The highest BCUT2D eigenvalue weighted by Gasteiger charge is 2.26. The molecule has 2 heterocycles. The normalized spacial score (nSPS) is 18.9. The van der Waals surface area contributed by atoms with E-state index in [1.807, 2.05) is 36.9 Å². The van der Waals surface area contributed by atoms with Crippen LogP contribution in [0.15, 0.2) is 18.2 Å². The van der Waals surface area contributed by atoms with Gasteiger partial charge in [-0.1, -0.05) is 6.07 Å². The fourth-order valence-electron chi connectivity index (χ4n) is 2.35. The van der Waals surface area contributed by atoms with Crippen molar-refractivity contribution in [3.8, 4) is 0 Å². The van der Waals surface area contributed by atoms with Gasteiger partial charge in [0, 0.05) is 18.8 Å². The van der Waals surface area contributed by atoms with E-state index in [4.69, 9.17) is 0 Å². The summed E-state index contributed by atoms with van der Waals surface area (Å²) in [5, 5.41) is 3.24. The van der Waals surface area contributed by atoms with E-state index in [0.29, 0.717) is 6.54 Å². The first kappa shape index (κ1) is 13.0. The minimum Gasteiger partial charge on any atom is -0.337 e. The molecule has 0 aromatic carbocycles. The minimum atomic E-state index is 0.148. The first-order valence-electron chi connectivity index (χ1n) is 6.62. The van der Waals surface area contributed by atoms with Crippen molar-refractivity contribution in [2.75, 3.05) is 19.6 Å². The van der Waals surface area contributed by atoms with Crippen LogP contribution in [0, 0.1) is 12.8 Å². The molecule has 1 unspecified atom stereocenters. The number of hydrogen-bond acceptors (Lipinski definition) is 3. The van der Waals surface area contributed by atoms with Gasteiger partial charge in [0.25, 0.3) is 0 Å². The molecule has 1 atom stereocenters. The van der Waals surface area contributed by atoms with Crippen LogP contribution in [0.2, 0.25) is 0 Å². The molecule has 98 valence electrons. The van der Waals surface area contributed by atoms with Gasteiger partial charge in [-0.25, -0.2) is 0 Å². The molecule has 1 N–H and O–H groups in total. The molecular formula is C14H21N3O. The number of rotatable bonds is 4. The molecule has 0 radical (unpaired) electrons. The molecule has 0 spiro atoms. The largest absolute Gasteiger partial charge is 0.337 e. The van der Waals surface area contributed by atoms with Crippen LogP contribution < -0.4 is 5.32 Å². The highest BCUT2D eigenvalue weighted by molar-refractivity contribution is 5.79. The standard InChI is InChI=1S/C14H21N3O/c1-3-17(14(18)12-7-8-15-9-12)10-13-6-4-5-11(2)16-13/h4-6,12,15H,3,7-10H2,1-2H3. The van der Waals surface area contributed by atoms with E-state index in [9.17, 15) is 4.79 Å². The van der Waals surface area contributed by atoms with Crippen molar-refractivity contribution in [2.45, 2.75) is 26.8 Å². The smallest absolute Gasteiger partial charge is 0.227 e. The Morgan fingerprint density at radius 1 is 1.56 bits per heavy atom. The van der Waals surface area contributed by atoms with Crippen LogP contribution >= 0.6 is 0 Å². The lowest BCUT2D eigenvalue weighted by atomic mass is 10.1. The summed E-state index contributed by atoms with van der Waals surface area (Å²) in [5.74, 6) is 0.403. The Hall–Kier alpha value is -1.42. The minimum absolute atomic E-state index is 0.148. The Balaban J connectivity index is 2.02. The van der Waals surface area contributed by atoms with E-state index in [2.05, 4.69) is 10.3 Å². The molecule has 1 saturated heterocycles. The monoisotopic (exact) mass is 247 g/mol. The molecule has 1 aromatic rings. The second-order valence-electron chi connectivity index (χ2n) is 4.81. The maximum atomic E-state index is 12.3. The van der Waals surface area contributed by atoms with Crippen molar-refractivity contribution in [2.24, 2.45) is 5.92 Å². The van der Waals surface area contributed by atoms with Gasteiger partial charge >= 0.3 is 0 Å². The highest BCUT2D eigenvalue weighted by Crippen LogP contribution is 2.13. The Morgan fingerprint density at radius 3 is 3.00 bits per heavy atom. The first-order chi connectivity index (χ1) is 8.70. The van der Waals surface area contributed by atoms with Gasteiger partial charge in [0.15, 0.2) is 0 Å². The SMILES string of the molecule is CCN(Cc1cccc(C)n1)C(=O)C1CCNC1. The molecule has 2 rings (SSSR count). The van der Waals surface area contributed by atoms with E-state index in [1.54, 1.807) is 0 Å². The molecule has 1 aliphatic rings. The number of carbonyl (C=O) groups excluding carboxylic acids is 1. The first-order valence-corrected chi connectivity index (χ1v) is 6.62. The molecule has 1 amide bonds. The lowest BCUT2D eigenvalue weighted by Crippen LogP contribution is -2.36. The predicted octanol–water partition coefficient (Wildman–Crippen LogP) is 1.35. The number of carbonyl (C=O) groups is 1. The quantitative estimate of drug-likeness (QED) is 0.873. The molecule has 0 saturated carbocycles. The molecule has 0 bridgehead atoms. The molecule has 1 aliphatic heterocycles. The summed E-state index contributed by atoms with van der Waals surface area (Å²) in [6, 6.07) is 5.95. The molecule has 1 aromatic heterocycles. The van der Waals surface area contributed by atoms with Crippen LogP contribution in [0.1, 0.15) is 24.7 Å². The van der Waals surface area contributed by atoms with Crippen molar-refractivity contribution < 1.29 is 4.79 Å². The van der Waals surface area contributed by atoms with Gasteiger partial charge in [-0.3, -0.25) is 9.78 Å². The summed E-state index contributed by atoms with van der Waals surface area (Å²) in [6.07, 6.45) is 0.955. The summed E-state index contributed by atoms with van der Waals surface area (Å²) in [6.45, 7) is 7.13. The zero-order valence-corrected chi connectivity index (χ0v) is 11.1. The highest BCUT2D eigenvalue weighted by atomic mass is 16.2. The van der Waals surface area contributed by atoms with Crippen molar-refractivity contribution in [3.05, 3.63) is 29.6 Å². The van der Waals surface area contributed by atoms with E-state index >= 15 is 0 Å². The number of aryl methyl sites for hydroxylation is 1. The maximum Gasteiger partial charge on any atom is 0.227 e. The fraction of sp³-hybridized carbons (Fsp3) is 0.571. The summed E-state index contributed by atoms with van der Waals surface area (Å²) in [7, 11) is 0. The van der Waals surface area contributed by atoms with Crippen LogP contribution in [0.4, 0.5) is 0 Å². The molecule has 0 aliphatic carbocycles. The van der Waals surface area contributed by atoms with Crippen molar-refractivity contribution in [1.29, 1.82) is 0 Å². The molecule has 18 heavy (non-hydrogen) atoms. The van der Waals surface area contributed by atoms with Crippen LogP contribution in [0.5, 0.6) is 0 Å². The molecule has 4 heteroatoms. The number of nitrogens with one attached hydrogen (secondary N) is 1. The molecular weight excluding hydrogens is 226 g/mol. The summed E-state index contributed by atoms with van der Waals surface area (Å²) in [5.41, 5.74) is 1.97. The van der Waals surface area contributed by atoms with E-state index in [0.717, 1.165) is 37.4 Å². The van der Waals surface area contributed by atoms with E-state index in [1.165, 1.54) is 0 Å². The second kappa shape index (κ2) is 5.96. The van der Waals surface area contributed by atoms with Gasteiger partial charge in [0.05, 0.1) is 18.2 Å². The maximum absolute atomic E-state index is 12.3. The van der Waals surface area contributed by atoms with Gasteiger partial charge < -0.3 is 10.2 Å². The third-order valence-corrected chi connectivity index (χ3v) is 3.40. The molecule has 4 nitrogen and oxygen atoms in total. The topological polar surface area (TPSA) is 45.2 Å². The second-order valence-corrected chi connectivity index (χ2v) is 4.81. The predicted molar refractivity (Wildman–Crippen MR) is 71.0 cm³/mol. The Bertz CT molecular complexity index is 413. The zero-order chi connectivity index (χ0) is 13.0.